The lowest BCUT2D eigenvalue weighted by Crippen LogP contribution is -2.17. The fourth-order valence-electron chi connectivity index (χ4n) is 2.10. The summed E-state index contributed by atoms with van der Waals surface area (Å²) in [4.78, 5) is 16.2. The number of aromatic nitrogens is 1. The predicted octanol–water partition coefficient (Wildman–Crippen LogP) is 4.46. The molecule has 2 aromatic rings. The van der Waals surface area contributed by atoms with Crippen LogP contribution >= 0.6 is 0 Å². The zero-order valence-electron chi connectivity index (χ0n) is 14.0. The van der Waals surface area contributed by atoms with E-state index >= 15 is 0 Å². The van der Waals surface area contributed by atoms with Crippen LogP contribution in [0.1, 0.15) is 28.4 Å². The summed E-state index contributed by atoms with van der Waals surface area (Å²) < 4.78 is 51.2. The Bertz CT molecular complexity index is 904. The molecule has 0 aliphatic heterocycles. The van der Waals surface area contributed by atoms with E-state index in [1.807, 2.05) is 0 Å². The maximum absolute atomic E-state index is 12.3. The van der Waals surface area contributed by atoms with Crippen LogP contribution < -0.4 is 9.47 Å². The molecule has 0 amide bonds. The number of carbonyl (C=O) groups is 1. The fraction of sp³-hybridized carbons (Fsp3) is 0.167. The van der Waals surface area contributed by atoms with Gasteiger partial charge >= 0.3 is 12.3 Å². The Labute approximate surface area is 152 Å². The molecule has 0 N–H and O–H groups in total. The number of esters is 1. The van der Waals surface area contributed by atoms with E-state index in [4.69, 9.17) is 9.47 Å². The van der Waals surface area contributed by atoms with Crippen LogP contribution in [0, 0.1) is 11.3 Å². The van der Waals surface area contributed by atoms with Gasteiger partial charge in [-0.2, -0.15) is 5.26 Å². The molecule has 0 radical (unpaired) electrons. The lowest BCUT2D eigenvalue weighted by atomic mass is 10.1. The number of halogens is 3. The number of ether oxygens (including phenoxy) is 3. The second-order valence-corrected chi connectivity index (χ2v) is 4.92. The van der Waals surface area contributed by atoms with Gasteiger partial charge in [-0.25, -0.2) is 9.78 Å². The molecule has 6 nitrogen and oxygen atoms in total. The van der Waals surface area contributed by atoms with Gasteiger partial charge in [0.05, 0.1) is 12.2 Å². The lowest BCUT2D eigenvalue weighted by Gasteiger charge is -2.14. The van der Waals surface area contributed by atoms with Crippen molar-refractivity contribution in [2.45, 2.75) is 13.3 Å². The second kappa shape index (κ2) is 8.23. The highest BCUT2D eigenvalue weighted by Crippen LogP contribution is 2.32. The topological polar surface area (TPSA) is 81.4 Å². The summed E-state index contributed by atoms with van der Waals surface area (Å²) in [6, 6.07) is 6.17. The van der Waals surface area contributed by atoms with Gasteiger partial charge in [0.25, 0.3) is 0 Å². The first-order valence-electron chi connectivity index (χ1n) is 7.55. The van der Waals surface area contributed by atoms with Gasteiger partial charge in [0.15, 0.2) is 0 Å². The molecule has 1 aromatic heterocycles. The Kier molecular flexibility index (Phi) is 6.03. The molecular weight excluding hydrogens is 365 g/mol. The van der Waals surface area contributed by atoms with Gasteiger partial charge < -0.3 is 14.2 Å². The monoisotopic (exact) mass is 378 g/mol. The minimum Gasteiger partial charge on any atom is -0.462 e. The van der Waals surface area contributed by atoms with Crippen molar-refractivity contribution in [1.82, 2.24) is 4.98 Å². The summed E-state index contributed by atoms with van der Waals surface area (Å²) >= 11 is 0. The third kappa shape index (κ3) is 4.98. The Morgan fingerprint density at radius 1 is 1.37 bits per heavy atom. The van der Waals surface area contributed by atoms with Crippen molar-refractivity contribution in [3.8, 4) is 23.4 Å². The van der Waals surface area contributed by atoms with Crippen molar-refractivity contribution in [3.63, 3.8) is 0 Å². The van der Waals surface area contributed by atoms with Gasteiger partial charge in [0.2, 0.25) is 5.88 Å². The van der Waals surface area contributed by atoms with Gasteiger partial charge in [-0.1, -0.05) is 12.7 Å². The second-order valence-electron chi connectivity index (χ2n) is 4.92. The SMILES string of the molecule is C=Cc1ccnc(Oc2ccc(OC(F)(F)F)cc2C#N)c1C(=O)OCC. The van der Waals surface area contributed by atoms with Crippen LogP contribution in [0.3, 0.4) is 0 Å². The Hall–Kier alpha value is -3.54. The number of pyridine rings is 1. The van der Waals surface area contributed by atoms with Crippen molar-refractivity contribution in [2.24, 2.45) is 0 Å². The number of hydrogen-bond acceptors (Lipinski definition) is 6. The van der Waals surface area contributed by atoms with E-state index in [0.29, 0.717) is 5.56 Å². The van der Waals surface area contributed by atoms with Crippen LogP contribution in [0.15, 0.2) is 37.0 Å². The highest BCUT2D eigenvalue weighted by molar-refractivity contribution is 5.96. The van der Waals surface area contributed by atoms with E-state index in [9.17, 15) is 23.2 Å². The summed E-state index contributed by atoms with van der Waals surface area (Å²) in [5.74, 6) is -1.58. The number of hydrogen-bond donors (Lipinski definition) is 0. The van der Waals surface area contributed by atoms with E-state index in [1.54, 1.807) is 13.0 Å². The molecule has 0 fully saturated rings. The van der Waals surface area contributed by atoms with Gasteiger partial charge in [-0.3, -0.25) is 0 Å². The van der Waals surface area contributed by atoms with E-state index in [-0.39, 0.29) is 29.4 Å². The van der Waals surface area contributed by atoms with E-state index in [0.717, 1.165) is 18.2 Å². The number of nitriles is 1. The molecular formula is C18H13F3N2O4. The smallest absolute Gasteiger partial charge is 0.462 e. The first-order chi connectivity index (χ1) is 12.8. The van der Waals surface area contributed by atoms with Gasteiger partial charge in [-0.05, 0) is 30.7 Å². The van der Waals surface area contributed by atoms with Gasteiger partial charge in [0, 0.05) is 12.3 Å². The Morgan fingerprint density at radius 3 is 2.70 bits per heavy atom. The normalized spacial score (nSPS) is 10.6. The molecule has 0 unspecified atom stereocenters. The molecule has 0 atom stereocenters. The Morgan fingerprint density at radius 2 is 2.11 bits per heavy atom. The molecule has 0 aliphatic carbocycles. The molecule has 1 heterocycles. The van der Waals surface area contributed by atoms with Crippen molar-refractivity contribution in [3.05, 3.63) is 53.7 Å². The van der Waals surface area contributed by atoms with Crippen molar-refractivity contribution < 1.29 is 32.2 Å². The molecule has 9 heteroatoms. The molecule has 1 aromatic carbocycles. The molecule has 0 saturated carbocycles. The quantitative estimate of drug-likeness (QED) is 0.690. The maximum atomic E-state index is 12.3. The van der Waals surface area contributed by atoms with Crippen LogP contribution in [-0.2, 0) is 4.74 Å². The van der Waals surface area contributed by atoms with Crippen LogP contribution in [0.4, 0.5) is 13.2 Å². The van der Waals surface area contributed by atoms with Crippen LogP contribution in [-0.4, -0.2) is 23.9 Å². The summed E-state index contributed by atoms with van der Waals surface area (Å²) in [6.07, 6.45) is -2.15. The maximum Gasteiger partial charge on any atom is 0.573 e. The molecule has 140 valence electrons. The summed E-state index contributed by atoms with van der Waals surface area (Å²) in [6.45, 7) is 5.32. The minimum atomic E-state index is -4.90. The number of rotatable bonds is 6. The van der Waals surface area contributed by atoms with Gasteiger partial charge in [0.1, 0.15) is 23.1 Å². The fourth-order valence-corrected chi connectivity index (χ4v) is 2.10. The molecule has 0 saturated heterocycles. The van der Waals surface area contributed by atoms with E-state index in [2.05, 4.69) is 16.3 Å². The average molecular weight is 378 g/mol. The highest BCUT2D eigenvalue weighted by atomic mass is 19.4. The van der Waals surface area contributed by atoms with Crippen LogP contribution in [0.2, 0.25) is 0 Å². The first kappa shape index (κ1) is 19.8. The molecule has 0 bridgehead atoms. The largest absolute Gasteiger partial charge is 0.573 e. The van der Waals surface area contributed by atoms with E-state index in [1.165, 1.54) is 18.3 Å². The van der Waals surface area contributed by atoms with Gasteiger partial charge in [-0.15, -0.1) is 13.2 Å². The lowest BCUT2D eigenvalue weighted by molar-refractivity contribution is -0.274. The predicted molar refractivity (Wildman–Crippen MR) is 88.2 cm³/mol. The molecule has 27 heavy (non-hydrogen) atoms. The van der Waals surface area contributed by atoms with Crippen LogP contribution in [0.25, 0.3) is 6.08 Å². The van der Waals surface area contributed by atoms with E-state index < -0.39 is 18.1 Å². The third-order valence-electron chi connectivity index (χ3n) is 3.16. The van der Waals surface area contributed by atoms with Crippen LogP contribution in [0.5, 0.6) is 17.4 Å². The number of carbonyl (C=O) groups excluding carboxylic acids is 1. The van der Waals surface area contributed by atoms with Crippen molar-refractivity contribution in [1.29, 1.82) is 5.26 Å². The standard InChI is InChI=1S/C18H13F3N2O4/c1-3-11-7-8-23-16(15(11)17(24)25-4-2)26-14-6-5-13(9-12(14)10-22)27-18(19,20)21/h3,5-9H,1,4H2,2H3. The zero-order chi connectivity index (χ0) is 20.0. The summed E-state index contributed by atoms with van der Waals surface area (Å²) in [5.41, 5.74) is 0.125. The highest BCUT2D eigenvalue weighted by Gasteiger charge is 2.31. The number of nitrogens with zero attached hydrogens (tertiary/aromatic N) is 2. The number of alkyl halides is 3. The first-order valence-corrected chi connectivity index (χ1v) is 7.55. The van der Waals surface area contributed by atoms with Crippen molar-refractivity contribution >= 4 is 12.0 Å². The van der Waals surface area contributed by atoms with Crippen molar-refractivity contribution in [2.75, 3.05) is 6.61 Å². The summed E-state index contributed by atoms with van der Waals surface area (Å²) in [5, 5.41) is 9.19. The third-order valence-corrected chi connectivity index (χ3v) is 3.16. The molecule has 0 spiro atoms. The summed E-state index contributed by atoms with van der Waals surface area (Å²) in [7, 11) is 0. The number of benzene rings is 1. The minimum absolute atomic E-state index is 0.0196. The molecule has 0 aliphatic rings. The average Bonchev–Trinajstić information content (AvgIpc) is 2.61. The molecule has 2 rings (SSSR count). The Balaban J connectivity index is 2.44. The zero-order valence-corrected chi connectivity index (χ0v) is 14.0.